The van der Waals surface area contributed by atoms with Crippen molar-refractivity contribution < 1.29 is 28.5 Å². The molecular formula is C22H26N2O6. The molecule has 1 aliphatic rings. The number of nitrogens with one attached hydrogen (secondary N) is 2. The predicted octanol–water partition coefficient (Wildman–Crippen LogP) is 2.73. The summed E-state index contributed by atoms with van der Waals surface area (Å²) in [6.45, 7) is 3.61. The Kier molecular flexibility index (Phi) is 7.51. The summed E-state index contributed by atoms with van der Waals surface area (Å²) in [4.78, 5) is 24.6. The van der Waals surface area contributed by atoms with E-state index < -0.39 is 11.8 Å². The van der Waals surface area contributed by atoms with E-state index in [1.807, 2.05) is 6.92 Å². The minimum atomic E-state index is -0.471. The number of rotatable bonds is 8. The highest BCUT2D eigenvalue weighted by Gasteiger charge is 2.16. The molecule has 1 fully saturated rings. The number of hydrogen-bond acceptors (Lipinski definition) is 6. The highest BCUT2D eigenvalue weighted by Crippen LogP contribution is 2.28. The second-order valence-electron chi connectivity index (χ2n) is 6.68. The average molecular weight is 414 g/mol. The van der Waals surface area contributed by atoms with Crippen LogP contribution in [0.4, 0.5) is 0 Å². The average Bonchev–Trinajstić information content (AvgIpc) is 3.30. The Labute approximate surface area is 175 Å². The van der Waals surface area contributed by atoms with Crippen LogP contribution in [-0.2, 0) is 4.74 Å². The maximum Gasteiger partial charge on any atom is 0.269 e. The van der Waals surface area contributed by atoms with Gasteiger partial charge >= 0.3 is 0 Å². The predicted molar refractivity (Wildman–Crippen MR) is 110 cm³/mol. The van der Waals surface area contributed by atoms with Crippen molar-refractivity contribution in [1.82, 2.24) is 10.9 Å². The fourth-order valence-electron chi connectivity index (χ4n) is 3.01. The molecule has 0 saturated carbocycles. The number of methoxy groups -OCH3 is 1. The first kappa shape index (κ1) is 21.4. The Bertz CT molecular complexity index is 862. The quantitative estimate of drug-likeness (QED) is 0.645. The van der Waals surface area contributed by atoms with Crippen LogP contribution in [0.25, 0.3) is 0 Å². The summed E-state index contributed by atoms with van der Waals surface area (Å²) in [5.74, 6) is 0.734. The van der Waals surface area contributed by atoms with Crippen molar-refractivity contribution >= 4 is 11.8 Å². The van der Waals surface area contributed by atoms with Gasteiger partial charge in [0, 0.05) is 17.7 Å². The fourth-order valence-corrected chi connectivity index (χ4v) is 3.01. The highest BCUT2D eigenvalue weighted by molar-refractivity contribution is 5.99. The van der Waals surface area contributed by atoms with Crippen molar-refractivity contribution in [2.45, 2.75) is 25.9 Å². The summed E-state index contributed by atoms with van der Waals surface area (Å²) in [6, 6.07) is 11.5. The molecule has 1 atom stereocenters. The molecule has 1 unspecified atom stereocenters. The number of amides is 2. The van der Waals surface area contributed by atoms with Gasteiger partial charge in [-0.05, 0) is 62.2 Å². The van der Waals surface area contributed by atoms with Gasteiger partial charge in [0.25, 0.3) is 11.8 Å². The lowest BCUT2D eigenvalue weighted by molar-refractivity contribution is 0.0679. The smallest absolute Gasteiger partial charge is 0.269 e. The lowest BCUT2D eigenvalue weighted by atomic mass is 10.2. The molecule has 0 aromatic heterocycles. The van der Waals surface area contributed by atoms with Crippen molar-refractivity contribution in [3.63, 3.8) is 0 Å². The van der Waals surface area contributed by atoms with Crippen molar-refractivity contribution in [3.8, 4) is 17.2 Å². The molecule has 0 aliphatic carbocycles. The topological polar surface area (TPSA) is 95.1 Å². The minimum Gasteiger partial charge on any atom is -0.493 e. The van der Waals surface area contributed by atoms with E-state index >= 15 is 0 Å². The van der Waals surface area contributed by atoms with E-state index in [-0.39, 0.29) is 6.10 Å². The molecule has 2 aromatic rings. The first-order chi connectivity index (χ1) is 14.6. The second-order valence-corrected chi connectivity index (χ2v) is 6.68. The van der Waals surface area contributed by atoms with E-state index in [0.717, 1.165) is 19.4 Å². The van der Waals surface area contributed by atoms with E-state index in [1.54, 1.807) is 42.5 Å². The Morgan fingerprint density at radius 2 is 1.70 bits per heavy atom. The number of ether oxygens (including phenoxy) is 4. The van der Waals surface area contributed by atoms with E-state index in [9.17, 15) is 9.59 Å². The lowest BCUT2D eigenvalue weighted by Crippen LogP contribution is -2.41. The molecule has 8 nitrogen and oxygen atoms in total. The maximum absolute atomic E-state index is 12.3. The zero-order chi connectivity index (χ0) is 21.3. The Morgan fingerprint density at radius 1 is 1.00 bits per heavy atom. The minimum absolute atomic E-state index is 0.129. The third kappa shape index (κ3) is 5.64. The van der Waals surface area contributed by atoms with E-state index in [2.05, 4.69) is 10.9 Å². The summed E-state index contributed by atoms with van der Waals surface area (Å²) < 4.78 is 21.9. The summed E-state index contributed by atoms with van der Waals surface area (Å²) in [6.07, 6.45) is 2.19. The molecule has 2 aromatic carbocycles. The number of benzene rings is 2. The van der Waals surface area contributed by atoms with Crippen LogP contribution in [0.5, 0.6) is 17.2 Å². The summed E-state index contributed by atoms with van der Waals surface area (Å²) in [7, 11) is 1.50. The van der Waals surface area contributed by atoms with Crippen LogP contribution in [0.3, 0.4) is 0 Å². The number of hydrazine groups is 1. The molecule has 0 bridgehead atoms. The SMILES string of the molecule is CCOc1ccc(C(=O)NNC(=O)c2ccc(OCC3CCCO3)cc2)cc1OC. The van der Waals surface area contributed by atoms with Crippen LogP contribution in [0.15, 0.2) is 42.5 Å². The molecule has 3 rings (SSSR count). The molecule has 0 spiro atoms. The molecule has 8 heteroatoms. The number of hydrogen-bond donors (Lipinski definition) is 2. The largest absolute Gasteiger partial charge is 0.493 e. The lowest BCUT2D eigenvalue weighted by Gasteiger charge is -2.12. The van der Waals surface area contributed by atoms with Crippen molar-refractivity contribution in [2.24, 2.45) is 0 Å². The fraction of sp³-hybridized carbons (Fsp3) is 0.364. The van der Waals surface area contributed by atoms with Crippen molar-refractivity contribution in [2.75, 3.05) is 26.9 Å². The summed E-state index contributed by atoms with van der Waals surface area (Å²) in [5, 5.41) is 0. The van der Waals surface area contributed by atoms with Gasteiger partial charge in [-0.15, -0.1) is 0 Å². The molecule has 2 N–H and O–H groups in total. The highest BCUT2D eigenvalue weighted by atomic mass is 16.5. The second kappa shape index (κ2) is 10.5. The zero-order valence-electron chi connectivity index (χ0n) is 17.1. The van der Waals surface area contributed by atoms with Crippen LogP contribution in [0, 0.1) is 0 Å². The first-order valence-corrected chi connectivity index (χ1v) is 9.86. The zero-order valence-corrected chi connectivity index (χ0v) is 17.1. The third-order valence-electron chi connectivity index (χ3n) is 4.59. The summed E-state index contributed by atoms with van der Waals surface area (Å²) >= 11 is 0. The first-order valence-electron chi connectivity index (χ1n) is 9.86. The Morgan fingerprint density at radius 3 is 2.33 bits per heavy atom. The van der Waals surface area contributed by atoms with Crippen LogP contribution in [-0.4, -0.2) is 44.8 Å². The standard InChI is InChI=1S/C22H26N2O6/c1-3-28-19-11-8-16(13-20(19)27-2)22(26)24-23-21(25)15-6-9-17(10-7-15)30-14-18-5-4-12-29-18/h6-11,13,18H,3-5,12,14H2,1-2H3,(H,23,25)(H,24,26). The van der Waals surface area contributed by atoms with Gasteiger partial charge in [-0.25, -0.2) is 0 Å². The molecule has 1 saturated heterocycles. The molecule has 160 valence electrons. The third-order valence-corrected chi connectivity index (χ3v) is 4.59. The molecule has 0 radical (unpaired) electrons. The van der Waals surface area contributed by atoms with Gasteiger partial charge in [0.2, 0.25) is 0 Å². The van der Waals surface area contributed by atoms with Crippen molar-refractivity contribution in [3.05, 3.63) is 53.6 Å². The van der Waals surface area contributed by atoms with Crippen LogP contribution in [0.2, 0.25) is 0 Å². The van der Waals surface area contributed by atoms with Gasteiger partial charge < -0.3 is 18.9 Å². The Hall–Kier alpha value is -3.26. The molecule has 1 heterocycles. The van der Waals surface area contributed by atoms with Crippen LogP contribution >= 0.6 is 0 Å². The Balaban J connectivity index is 1.51. The number of carbonyl (C=O) groups is 2. The number of carbonyl (C=O) groups excluding carboxylic acids is 2. The van der Waals surface area contributed by atoms with Gasteiger partial charge in [-0.1, -0.05) is 0 Å². The maximum atomic E-state index is 12.3. The van der Waals surface area contributed by atoms with Gasteiger partial charge in [-0.3, -0.25) is 20.4 Å². The summed E-state index contributed by atoms with van der Waals surface area (Å²) in [5.41, 5.74) is 5.51. The van der Waals surface area contributed by atoms with E-state index in [1.165, 1.54) is 7.11 Å². The molecular weight excluding hydrogens is 388 g/mol. The molecule has 1 aliphatic heterocycles. The molecule has 2 amide bonds. The van der Waals surface area contributed by atoms with E-state index in [0.29, 0.717) is 41.6 Å². The monoisotopic (exact) mass is 414 g/mol. The van der Waals surface area contributed by atoms with Crippen LogP contribution < -0.4 is 25.1 Å². The van der Waals surface area contributed by atoms with Gasteiger partial charge in [0.05, 0.1) is 19.8 Å². The van der Waals surface area contributed by atoms with Gasteiger partial charge in [-0.2, -0.15) is 0 Å². The van der Waals surface area contributed by atoms with Crippen LogP contribution in [0.1, 0.15) is 40.5 Å². The normalized spacial score (nSPS) is 15.3. The van der Waals surface area contributed by atoms with E-state index in [4.69, 9.17) is 18.9 Å². The van der Waals surface area contributed by atoms with Gasteiger partial charge in [0.1, 0.15) is 12.4 Å². The molecule has 30 heavy (non-hydrogen) atoms. The van der Waals surface area contributed by atoms with Gasteiger partial charge in [0.15, 0.2) is 11.5 Å². The van der Waals surface area contributed by atoms with Crippen molar-refractivity contribution in [1.29, 1.82) is 0 Å².